The zero-order chi connectivity index (χ0) is 13.0. The summed E-state index contributed by atoms with van der Waals surface area (Å²) < 4.78 is 6.76. The van der Waals surface area contributed by atoms with Gasteiger partial charge in [-0.25, -0.2) is 0 Å². The third kappa shape index (κ3) is 3.03. The molecule has 0 amide bonds. The molecule has 0 saturated carbocycles. The van der Waals surface area contributed by atoms with Crippen LogP contribution in [-0.2, 0) is 6.42 Å². The summed E-state index contributed by atoms with van der Waals surface area (Å²) in [5.74, 6) is 1.03. The molecule has 0 fully saturated rings. The lowest BCUT2D eigenvalue weighted by Gasteiger charge is -2.17. The van der Waals surface area contributed by atoms with Gasteiger partial charge in [0.25, 0.3) is 0 Å². The van der Waals surface area contributed by atoms with Crippen molar-refractivity contribution in [2.45, 2.75) is 26.3 Å². The van der Waals surface area contributed by atoms with E-state index in [1.54, 1.807) is 6.26 Å². The number of rotatable bonds is 5. The van der Waals surface area contributed by atoms with Crippen LogP contribution in [0.5, 0.6) is 0 Å². The van der Waals surface area contributed by atoms with Crippen molar-refractivity contribution in [3.8, 4) is 0 Å². The number of aryl methyl sites for hydroxylation is 1. The van der Waals surface area contributed by atoms with Gasteiger partial charge in [0.05, 0.1) is 12.3 Å². The number of hydrogen-bond acceptors (Lipinski definition) is 2. The van der Waals surface area contributed by atoms with Gasteiger partial charge in [-0.1, -0.05) is 41.1 Å². The van der Waals surface area contributed by atoms with Gasteiger partial charge in [-0.05, 0) is 43.1 Å². The van der Waals surface area contributed by atoms with E-state index in [9.17, 15) is 0 Å². The highest BCUT2D eigenvalue weighted by atomic mass is 79.9. The highest BCUT2D eigenvalue weighted by Gasteiger charge is 2.17. The monoisotopic (exact) mass is 307 g/mol. The van der Waals surface area contributed by atoms with Gasteiger partial charge in [0.15, 0.2) is 0 Å². The number of furan rings is 1. The van der Waals surface area contributed by atoms with Gasteiger partial charge in [0, 0.05) is 4.47 Å². The van der Waals surface area contributed by atoms with Crippen LogP contribution < -0.4 is 5.32 Å². The largest absolute Gasteiger partial charge is 0.467 e. The lowest BCUT2D eigenvalue weighted by Crippen LogP contribution is -2.23. The molecule has 2 aromatic rings. The average molecular weight is 308 g/mol. The van der Waals surface area contributed by atoms with E-state index in [1.165, 1.54) is 11.1 Å². The Hall–Kier alpha value is -1.06. The number of hydrogen-bond donors (Lipinski definition) is 1. The van der Waals surface area contributed by atoms with E-state index in [-0.39, 0.29) is 6.04 Å². The summed E-state index contributed by atoms with van der Waals surface area (Å²) in [6.45, 7) is 5.13. The predicted octanol–water partition coefficient (Wildman–Crippen LogP) is 4.24. The fourth-order valence-electron chi connectivity index (χ4n) is 2.13. The van der Waals surface area contributed by atoms with Crippen molar-refractivity contribution in [2.75, 3.05) is 6.54 Å². The molecule has 0 aliphatic carbocycles. The molecule has 18 heavy (non-hydrogen) atoms. The van der Waals surface area contributed by atoms with Crippen molar-refractivity contribution in [1.29, 1.82) is 0 Å². The van der Waals surface area contributed by atoms with Crippen LogP contribution in [0.1, 0.15) is 29.9 Å². The summed E-state index contributed by atoms with van der Waals surface area (Å²) in [4.78, 5) is 0. The minimum Gasteiger partial charge on any atom is -0.467 e. The highest BCUT2D eigenvalue weighted by molar-refractivity contribution is 9.10. The molecule has 0 aliphatic heterocycles. The molecule has 1 atom stereocenters. The Bertz CT molecular complexity index is 507. The molecule has 1 N–H and O–H groups in total. The second kappa shape index (κ2) is 6.21. The molecule has 0 radical (unpaired) electrons. The van der Waals surface area contributed by atoms with Gasteiger partial charge in [0.1, 0.15) is 5.76 Å². The van der Waals surface area contributed by atoms with Crippen LogP contribution >= 0.6 is 15.9 Å². The van der Waals surface area contributed by atoms with Crippen LogP contribution in [0.4, 0.5) is 0 Å². The molecule has 2 rings (SSSR count). The zero-order valence-electron chi connectivity index (χ0n) is 10.7. The van der Waals surface area contributed by atoms with E-state index in [1.807, 2.05) is 12.1 Å². The third-order valence-corrected chi connectivity index (χ3v) is 3.82. The molecule has 0 saturated heterocycles. The van der Waals surface area contributed by atoms with Gasteiger partial charge in [0.2, 0.25) is 0 Å². The van der Waals surface area contributed by atoms with Crippen LogP contribution in [0.25, 0.3) is 0 Å². The number of benzene rings is 1. The minimum atomic E-state index is 0.226. The van der Waals surface area contributed by atoms with Crippen molar-refractivity contribution in [2.24, 2.45) is 0 Å². The van der Waals surface area contributed by atoms with Crippen LogP contribution in [0.3, 0.4) is 0 Å². The zero-order valence-corrected chi connectivity index (χ0v) is 12.3. The Morgan fingerprint density at radius 3 is 2.67 bits per heavy atom. The first kappa shape index (κ1) is 13.4. The molecule has 96 valence electrons. The van der Waals surface area contributed by atoms with Crippen molar-refractivity contribution in [3.63, 3.8) is 0 Å². The maximum absolute atomic E-state index is 5.61. The Morgan fingerprint density at radius 2 is 2.06 bits per heavy atom. The Kier molecular flexibility index (Phi) is 4.61. The number of likely N-dealkylation sites (N-methyl/N-ethyl adjacent to an activating group) is 1. The summed E-state index contributed by atoms with van der Waals surface area (Å²) in [5, 5.41) is 3.49. The molecule has 2 nitrogen and oxygen atoms in total. The van der Waals surface area contributed by atoms with Crippen molar-refractivity contribution in [1.82, 2.24) is 5.32 Å². The normalized spacial score (nSPS) is 12.6. The average Bonchev–Trinajstić information content (AvgIpc) is 2.78. The van der Waals surface area contributed by atoms with Gasteiger partial charge in [-0.2, -0.15) is 0 Å². The van der Waals surface area contributed by atoms with Crippen LogP contribution in [0, 0.1) is 6.92 Å². The van der Waals surface area contributed by atoms with E-state index < -0.39 is 0 Å². The second-order valence-electron chi connectivity index (χ2n) is 4.37. The maximum atomic E-state index is 5.61. The second-order valence-corrected chi connectivity index (χ2v) is 5.23. The smallest absolute Gasteiger partial charge is 0.123 e. The van der Waals surface area contributed by atoms with Gasteiger partial charge in [-0.15, -0.1) is 0 Å². The van der Waals surface area contributed by atoms with Crippen molar-refractivity contribution >= 4 is 15.9 Å². The quantitative estimate of drug-likeness (QED) is 0.893. The Morgan fingerprint density at radius 1 is 1.28 bits per heavy atom. The number of nitrogens with one attached hydrogen (secondary N) is 1. The first-order chi connectivity index (χ1) is 8.72. The van der Waals surface area contributed by atoms with Crippen LogP contribution in [0.15, 0.2) is 45.5 Å². The molecule has 0 bridgehead atoms. The lowest BCUT2D eigenvalue weighted by atomic mass is 10.0. The minimum absolute atomic E-state index is 0.226. The summed E-state index contributed by atoms with van der Waals surface area (Å²) in [5.41, 5.74) is 2.49. The highest BCUT2D eigenvalue weighted by Crippen LogP contribution is 2.26. The summed E-state index contributed by atoms with van der Waals surface area (Å²) >= 11 is 3.60. The Labute approximate surface area is 117 Å². The predicted molar refractivity (Wildman–Crippen MR) is 77.7 cm³/mol. The lowest BCUT2D eigenvalue weighted by molar-refractivity contribution is 0.413. The molecule has 0 spiro atoms. The molecule has 1 unspecified atom stereocenters. The van der Waals surface area contributed by atoms with E-state index in [4.69, 9.17) is 4.42 Å². The van der Waals surface area contributed by atoms with Crippen LogP contribution in [-0.4, -0.2) is 6.54 Å². The van der Waals surface area contributed by atoms with Crippen molar-refractivity contribution in [3.05, 3.63) is 58.0 Å². The molecular weight excluding hydrogens is 290 g/mol. The van der Waals surface area contributed by atoms with E-state index in [2.05, 4.69) is 53.3 Å². The van der Waals surface area contributed by atoms with Gasteiger partial charge in [-0.3, -0.25) is 0 Å². The van der Waals surface area contributed by atoms with Crippen molar-refractivity contribution < 1.29 is 4.42 Å². The molecular formula is C15H18BrNO. The Balaban J connectivity index is 2.22. The van der Waals surface area contributed by atoms with Gasteiger partial charge >= 0.3 is 0 Å². The fourth-order valence-corrected chi connectivity index (χ4v) is 2.58. The van der Waals surface area contributed by atoms with Gasteiger partial charge < -0.3 is 9.73 Å². The maximum Gasteiger partial charge on any atom is 0.123 e. The van der Waals surface area contributed by atoms with E-state index in [0.717, 1.165) is 23.2 Å². The summed E-state index contributed by atoms with van der Waals surface area (Å²) in [6.07, 6.45) is 2.68. The fraction of sp³-hybridized carbons (Fsp3) is 0.333. The standard InChI is InChI=1S/C15H18BrNO/c1-3-17-14(15-11(2)8-9-18-15)10-12-6-4-5-7-13(12)16/h4-9,14,17H,3,10H2,1-2H3. The summed E-state index contributed by atoms with van der Waals surface area (Å²) in [6, 6.07) is 10.6. The topological polar surface area (TPSA) is 25.2 Å². The van der Waals surface area contributed by atoms with E-state index in [0.29, 0.717) is 0 Å². The SMILES string of the molecule is CCNC(Cc1ccccc1Br)c1occc1C. The molecule has 1 heterocycles. The molecule has 1 aromatic heterocycles. The summed E-state index contributed by atoms with van der Waals surface area (Å²) in [7, 11) is 0. The van der Waals surface area contributed by atoms with E-state index >= 15 is 0 Å². The third-order valence-electron chi connectivity index (χ3n) is 3.05. The van der Waals surface area contributed by atoms with Crippen LogP contribution in [0.2, 0.25) is 0 Å². The molecule has 1 aromatic carbocycles. The first-order valence-electron chi connectivity index (χ1n) is 6.23. The first-order valence-corrected chi connectivity index (χ1v) is 7.02. The molecule has 0 aliphatic rings. The number of halogens is 1. The molecule has 3 heteroatoms.